The average molecular weight is 234 g/mol. The monoisotopic (exact) mass is 234 g/mol. The second-order valence-corrected chi connectivity index (χ2v) is 7.34. The molecule has 2 heteroatoms. The first-order chi connectivity index (χ1) is 7.34. The third kappa shape index (κ3) is 1.07. The van der Waals surface area contributed by atoms with E-state index in [2.05, 4.69) is 42.3 Å². The van der Waals surface area contributed by atoms with Crippen molar-refractivity contribution in [1.82, 2.24) is 0 Å². The molecule has 1 saturated carbocycles. The molecule has 0 nitrogen and oxygen atoms in total. The molecule has 1 fully saturated rings. The lowest BCUT2D eigenvalue weighted by atomic mass is 9.81. The second kappa shape index (κ2) is 2.98. The van der Waals surface area contributed by atoms with E-state index >= 15 is 0 Å². The van der Waals surface area contributed by atoms with Crippen molar-refractivity contribution in [3.63, 3.8) is 0 Å². The Balaban J connectivity index is 1.81. The molecule has 3 unspecified atom stereocenters. The molecule has 0 aromatic carbocycles. The minimum atomic E-state index is 0.765. The highest BCUT2D eigenvalue weighted by Gasteiger charge is 2.51. The molecule has 15 heavy (non-hydrogen) atoms. The Hall–Kier alpha value is -0.0800. The largest absolute Gasteiger partial charge is 0.126 e. The van der Waals surface area contributed by atoms with Gasteiger partial charge in [-0.25, -0.2) is 0 Å². The molecule has 2 bridgehead atoms. The fourth-order valence-electron chi connectivity index (χ4n) is 3.70. The molecule has 2 heterocycles. The highest BCUT2D eigenvalue weighted by molar-refractivity contribution is 8.08. The van der Waals surface area contributed by atoms with Crippen molar-refractivity contribution in [3.8, 4) is 0 Å². The van der Waals surface area contributed by atoms with E-state index in [1.807, 2.05) is 11.8 Å². The summed E-state index contributed by atoms with van der Waals surface area (Å²) in [5.74, 6) is 3.43. The Morgan fingerprint density at radius 3 is 3.00 bits per heavy atom. The SMILES string of the molecule is CC1=C2SC=CC2[C@H]2C3C=CC(C3)[C@H]2S1. The molecule has 2 aliphatic heterocycles. The molecule has 0 amide bonds. The summed E-state index contributed by atoms with van der Waals surface area (Å²) in [5, 5.41) is 3.19. The molecule has 2 aliphatic carbocycles. The molecule has 4 rings (SSSR count). The number of allylic oxidation sites excluding steroid dienone is 5. The minimum absolute atomic E-state index is 0.765. The zero-order chi connectivity index (χ0) is 9.99. The van der Waals surface area contributed by atoms with E-state index in [0.29, 0.717) is 0 Å². The van der Waals surface area contributed by atoms with Gasteiger partial charge >= 0.3 is 0 Å². The van der Waals surface area contributed by atoms with Crippen LogP contribution in [0.3, 0.4) is 0 Å². The maximum absolute atomic E-state index is 2.49. The van der Waals surface area contributed by atoms with Crippen LogP contribution in [0.25, 0.3) is 0 Å². The number of rotatable bonds is 0. The maximum atomic E-state index is 2.49. The highest BCUT2D eigenvalue weighted by Crippen LogP contribution is 2.61. The van der Waals surface area contributed by atoms with Crippen LogP contribution in [0.2, 0.25) is 0 Å². The van der Waals surface area contributed by atoms with Gasteiger partial charge in [-0.3, -0.25) is 0 Å². The molecule has 0 aromatic heterocycles. The normalized spacial score (nSPS) is 50.1. The summed E-state index contributed by atoms with van der Waals surface area (Å²) in [6.45, 7) is 2.32. The zero-order valence-corrected chi connectivity index (χ0v) is 10.4. The maximum Gasteiger partial charge on any atom is 0.0197 e. The van der Waals surface area contributed by atoms with Gasteiger partial charge in [-0.2, -0.15) is 0 Å². The van der Waals surface area contributed by atoms with Crippen molar-refractivity contribution in [3.05, 3.63) is 33.4 Å². The van der Waals surface area contributed by atoms with Crippen molar-refractivity contribution >= 4 is 23.5 Å². The van der Waals surface area contributed by atoms with E-state index in [1.165, 1.54) is 6.42 Å². The van der Waals surface area contributed by atoms with Crippen LogP contribution >= 0.6 is 23.5 Å². The van der Waals surface area contributed by atoms with Crippen molar-refractivity contribution in [2.45, 2.75) is 18.6 Å². The molecule has 0 aromatic rings. The lowest BCUT2D eigenvalue weighted by Crippen LogP contribution is -2.31. The summed E-state index contributed by atoms with van der Waals surface area (Å²) in [5.41, 5.74) is 0. The number of hydrogen-bond acceptors (Lipinski definition) is 2. The Bertz CT molecular complexity index is 405. The van der Waals surface area contributed by atoms with Gasteiger partial charge in [0.15, 0.2) is 0 Å². The molecular formula is C13H14S2. The van der Waals surface area contributed by atoms with E-state index in [9.17, 15) is 0 Å². The molecule has 0 spiro atoms. The van der Waals surface area contributed by atoms with Crippen LogP contribution in [-0.4, -0.2) is 5.25 Å². The van der Waals surface area contributed by atoms with Crippen LogP contribution in [0.1, 0.15) is 13.3 Å². The first-order valence-corrected chi connectivity index (χ1v) is 7.49. The summed E-state index contributed by atoms with van der Waals surface area (Å²) >= 11 is 4.13. The number of thioether (sulfide) groups is 2. The average Bonchev–Trinajstić information content (AvgIpc) is 2.91. The Labute approximate surface area is 99.3 Å². The van der Waals surface area contributed by atoms with E-state index in [-0.39, 0.29) is 0 Å². The van der Waals surface area contributed by atoms with Crippen LogP contribution in [0.5, 0.6) is 0 Å². The van der Waals surface area contributed by atoms with E-state index in [4.69, 9.17) is 0 Å². The van der Waals surface area contributed by atoms with Crippen molar-refractivity contribution in [2.24, 2.45) is 23.7 Å². The van der Waals surface area contributed by atoms with Gasteiger partial charge in [0, 0.05) is 16.1 Å². The summed E-state index contributed by atoms with van der Waals surface area (Å²) in [4.78, 5) is 3.25. The topological polar surface area (TPSA) is 0 Å². The number of fused-ring (bicyclic) bond motifs is 7. The van der Waals surface area contributed by atoms with Gasteiger partial charge in [0.05, 0.1) is 0 Å². The molecule has 5 atom stereocenters. The predicted octanol–water partition coefficient (Wildman–Crippen LogP) is 4.03. The summed E-state index contributed by atoms with van der Waals surface area (Å²) in [6, 6.07) is 0. The van der Waals surface area contributed by atoms with Crippen LogP contribution in [-0.2, 0) is 0 Å². The third-order valence-corrected chi connectivity index (χ3v) is 7.07. The van der Waals surface area contributed by atoms with Crippen LogP contribution in [0.4, 0.5) is 0 Å². The fraction of sp³-hybridized carbons (Fsp3) is 0.538. The molecule has 4 aliphatic rings. The standard InChI is InChI=1S/C13H14S2/c1-7-12-10(4-5-14-12)11-8-2-3-9(6-8)13(11)15-7/h2-5,8-11,13H,6H2,1H3/t8?,9?,10?,11-,13-/m1/s1. The van der Waals surface area contributed by atoms with Gasteiger partial charge in [-0.15, -0.1) is 23.5 Å². The van der Waals surface area contributed by atoms with E-state index < -0.39 is 0 Å². The van der Waals surface area contributed by atoms with Crippen LogP contribution < -0.4 is 0 Å². The van der Waals surface area contributed by atoms with Gasteiger partial charge in [-0.05, 0) is 41.4 Å². The Morgan fingerprint density at radius 1 is 1.20 bits per heavy atom. The summed E-state index contributed by atoms with van der Waals surface area (Å²) < 4.78 is 0. The smallest absolute Gasteiger partial charge is 0.0197 e. The quantitative estimate of drug-likeness (QED) is 0.580. The molecule has 0 N–H and O–H groups in total. The minimum Gasteiger partial charge on any atom is -0.126 e. The summed E-state index contributed by atoms with van der Waals surface area (Å²) in [7, 11) is 0. The first kappa shape index (κ1) is 9.00. The lowest BCUT2D eigenvalue weighted by molar-refractivity contribution is 0.390. The van der Waals surface area contributed by atoms with Gasteiger partial charge in [0.1, 0.15) is 0 Å². The molecule has 78 valence electrons. The number of hydrogen-bond donors (Lipinski definition) is 0. The van der Waals surface area contributed by atoms with Gasteiger partial charge in [0.25, 0.3) is 0 Å². The fourth-order valence-corrected chi connectivity index (χ4v) is 6.51. The Kier molecular flexibility index (Phi) is 1.79. The molecular weight excluding hydrogens is 220 g/mol. The van der Waals surface area contributed by atoms with E-state index in [1.54, 1.807) is 9.81 Å². The zero-order valence-electron chi connectivity index (χ0n) is 8.72. The van der Waals surface area contributed by atoms with Gasteiger partial charge in [-0.1, -0.05) is 18.2 Å². The summed E-state index contributed by atoms with van der Waals surface area (Å²) in [6.07, 6.45) is 8.84. The molecule has 0 saturated heterocycles. The van der Waals surface area contributed by atoms with Crippen molar-refractivity contribution in [2.75, 3.05) is 0 Å². The Morgan fingerprint density at radius 2 is 2.07 bits per heavy atom. The van der Waals surface area contributed by atoms with Crippen molar-refractivity contribution in [1.29, 1.82) is 0 Å². The molecule has 0 radical (unpaired) electrons. The second-order valence-electron chi connectivity index (χ2n) is 5.00. The van der Waals surface area contributed by atoms with Crippen LogP contribution in [0, 0.1) is 23.7 Å². The van der Waals surface area contributed by atoms with Crippen molar-refractivity contribution < 1.29 is 0 Å². The van der Waals surface area contributed by atoms with Crippen LogP contribution in [0.15, 0.2) is 33.4 Å². The van der Waals surface area contributed by atoms with Gasteiger partial charge in [0.2, 0.25) is 0 Å². The highest BCUT2D eigenvalue weighted by atomic mass is 32.2. The first-order valence-electron chi connectivity index (χ1n) is 5.73. The third-order valence-electron chi connectivity index (χ3n) is 4.30. The predicted molar refractivity (Wildman–Crippen MR) is 68.5 cm³/mol. The van der Waals surface area contributed by atoms with Gasteiger partial charge < -0.3 is 0 Å². The van der Waals surface area contributed by atoms with E-state index in [0.717, 1.165) is 28.9 Å². The lowest BCUT2D eigenvalue weighted by Gasteiger charge is -2.37.